The molecule has 0 bridgehead atoms. The lowest BCUT2D eigenvalue weighted by atomic mass is 10.5. The van der Waals surface area contributed by atoms with Gasteiger partial charge in [0.25, 0.3) is 0 Å². The van der Waals surface area contributed by atoms with E-state index < -0.39 is 0 Å². The summed E-state index contributed by atoms with van der Waals surface area (Å²) < 4.78 is 7.90. The van der Waals surface area contributed by atoms with Gasteiger partial charge in [-0.05, 0) is 6.08 Å². The summed E-state index contributed by atoms with van der Waals surface area (Å²) in [5.74, 6) is 0.676. The van der Waals surface area contributed by atoms with Crippen molar-refractivity contribution in [1.29, 1.82) is 0 Å². The van der Waals surface area contributed by atoms with Crippen molar-refractivity contribution in [2.45, 2.75) is 0 Å². The minimum absolute atomic E-state index is 0.432. The Kier molecular flexibility index (Phi) is 2.05. The molecule has 0 saturated carbocycles. The first-order valence-corrected chi connectivity index (χ1v) is 4.40. The highest BCUT2D eigenvalue weighted by atomic mass is 35.5. The van der Waals surface area contributed by atoms with Crippen molar-refractivity contribution in [2.24, 2.45) is 4.99 Å². The van der Waals surface area contributed by atoms with Gasteiger partial charge in [-0.3, -0.25) is 4.99 Å². The molecule has 0 atom stereocenters. The molecule has 0 aliphatic carbocycles. The predicted octanol–water partition coefficient (Wildman–Crippen LogP) is 1.55. The van der Waals surface area contributed by atoms with Crippen LogP contribution in [-0.2, 0) is 0 Å². The minimum atomic E-state index is 0.432. The number of aromatic nitrogens is 2. The maximum atomic E-state index is 5.78. The largest absolute Gasteiger partial charge is 0.309 e. The lowest BCUT2D eigenvalue weighted by Crippen LogP contribution is -2.18. The van der Waals surface area contributed by atoms with Crippen LogP contribution in [0.25, 0.3) is 0 Å². The van der Waals surface area contributed by atoms with Gasteiger partial charge >= 0.3 is 0 Å². The van der Waals surface area contributed by atoms with Crippen molar-refractivity contribution in [2.75, 3.05) is 11.6 Å². The summed E-state index contributed by atoms with van der Waals surface area (Å²) in [5, 5.41) is 0.432. The SMILES string of the molecule is Clc1nsnc1N1C=CC=NC1. The van der Waals surface area contributed by atoms with Crippen LogP contribution in [0.1, 0.15) is 0 Å². The Morgan fingerprint density at radius 1 is 1.50 bits per heavy atom. The van der Waals surface area contributed by atoms with Gasteiger partial charge in [0.2, 0.25) is 0 Å². The number of rotatable bonds is 1. The van der Waals surface area contributed by atoms with Crippen molar-refractivity contribution in [3.05, 3.63) is 17.4 Å². The van der Waals surface area contributed by atoms with Gasteiger partial charge in [-0.1, -0.05) is 11.6 Å². The zero-order valence-corrected chi connectivity index (χ0v) is 7.59. The molecule has 0 N–H and O–H groups in total. The maximum absolute atomic E-state index is 5.78. The molecule has 0 aromatic carbocycles. The number of anilines is 1. The molecule has 2 rings (SSSR count). The molecule has 1 aromatic heterocycles. The van der Waals surface area contributed by atoms with Gasteiger partial charge in [0.1, 0.15) is 6.67 Å². The quantitative estimate of drug-likeness (QED) is 0.691. The summed E-state index contributed by atoms with van der Waals surface area (Å²) in [6.45, 7) is 0.557. The summed E-state index contributed by atoms with van der Waals surface area (Å²) in [7, 11) is 0. The molecule has 2 heterocycles. The standard InChI is InChI=1S/C6H5ClN4S/c7-5-6(10-12-9-5)11-3-1-2-8-4-11/h1-3H,4H2. The molecule has 0 saturated heterocycles. The number of hydrogen-bond donors (Lipinski definition) is 0. The monoisotopic (exact) mass is 200 g/mol. The molecule has 0 fully saturated rings. The highest BCUT2D eigenvalue weighted by Crippen LogP contribution is 2.23. The van der Waals surface area contributed by atoms with Crippen LogP contribution in [0.2, 0.25) is 5.15 Å². The zero-order chi connectivity index (χ0) is 8.39. The minimum Gasteiger partial charge on any atom is -0.309 e. The van der Waals surface area contributed by atoms with Gasteiger partial charge in [-0.15, -0.1) is 0 Å². The molecular weight excluding hydrogens is 196 g/mol. The second kappa shape index (κ2) is 3.20. The summed E-state index contributed by atoms with van der Waals surface area (Å²) in [6.07, 6.45) is 5.44. The van der Waals surface area contributed by atoms with Crippen LogP contribution in [0, 0.1) is 0 Å². The Hall–Kier alpha value is -0.940. The second-order valence-electron chi connectivity index (χ2n) is 2.16. The van der Waals surface area contributed by atoms with E-state index in [1.165, 1.54) is 0 Å². The first-order valence-electron chi connectivity index (χ1n) is 3.29. The lowest BCUT2D eigenvalue weighted by molar-refractivity contribution is 0.955. The first-order chi connectivity index (χ1) is 5.88. The molecule has 0 spiro atoms. The lowest BCUT2D eigenvalue weighted by Gasteiger charge is -2.16. The Balaban J connectivity index is 2.26. The van der Waals surface area contributed by atoms with E-state index in [0.717, 1.165) is 11.7 Å². The molecule has 12 heavy (non-hydrogen) atoms. The Bertz CT molecular complexity index is 332. The molecule has 1 aromatic rings. The van der Waals surface area contributed by atoms with Crippen molar-refractivity contribution < 1.29 is 0 Å². The van der Waals surface area contributed by atoms with E-state index in [1.807, 2.05) is 17.2 Å². The first kappa shape index (κ1) is 7.70. The van der Waals surface area contributed by atoms with Crippen LogP contribution in [-0.4, -0.2) is 21.6 Å². The van der Waals surface area contributed by atoms with Gasteiger partial charge in [-0.25, -0.2) is 0 Å². The van der Waals surface area contributed by atoms with E-state index in [0.29, 0.717) is 17.6 Å². The van der Waals surface area contributed by atoms with Gasteiger partial charge in [0, 0.05) is 12.4 Å². The molecule has 1 aliphatic heterocycles. The highest BCUT2D eigenvalue weighted by molar-refractivity contribution is 6.99. The summed E-state index contributed by atoms with van der Waals surface area (Å²) in [4.78, 5) is 5.89. The van der Waals surface area contributed by atoms with Crippen molar-refractivity contribution >= 4 is 35.4 Å². The predicted molar refractivity (Wildman–Crippen MR) is 49.9 cm³/mol. The Labute approximate surface area is 78.5 Å². The molecule has 4 nitrogen and oxygen atoms in total. The van der Waals surface area contributed by atoms with Crippen LogP contribution in [0.3, 0.4) is 0 Å². The van der Waals surface area contributed by atoms with E-state index in [9.17, 15) is 0 Å². The number of aliphatic imine (C=N–C) groups is 1. The molecular formula is C6H5ClN4S. The van der Waals surface area contributed by atoms with Gasteiger partial charge in [0.15, 0.2) is 11.0 Å². The van der Waals surface area contributed by atoms with E-state index in [-0.39, 0.29) is 0 Å². The highest BCUT2D eigenvalue weighted by Gasteiger charge is 2.12. The fourth-order valence-corrected chi connectivity index (χ4v) is 1.62. The van der Waals surface area contributed by atoms with Crippen molar-refractivity contribution in [3.8, 4) is 0 Å². The maximum Gasteiger partial charge on any atom is 0.187 e. The Morgan fingerprint density at radius 3 is 3.00 bits per heavy atom. The smallest absolute Gasteiger partial charge is 0.187 e. The second-order valence-corrected chi connectivity index (χ2v) is 3.05. The van der Waals surface area contributed by atoms with Crippen molar-refractivity contribution in [3.63, 3.8) is 0 Å². The van der Waals surface area contributed by atoms with Crippen LogP contribution < -0.4 is 4.90 Å². The summed E-state index contributed by atoms with van der Waals surface area (Å²) in [6, 6.07) is 0. The molecule has 6 heteroatoms. The Morgan fingerprint density at radius 2 is 2.42 bits per heavy atom. The van der Waals surface area contributed by atoms with Crippen LogP contribution in [0.4, 0.5) is 5.82 Å². The third-order valence-electron chi connectivity index (χ3n) is 1.40. The van der Waals surface area contributed by atoms with Gasteiger partial charge < -0.3 is 4.90 Å². The topological polar surface area (TPSA) is 41.4 Å². The van der Waals surface area contributed by atoms with Crippen LogP contribution in [0.15, 0.2) is 17.3 Å². The average Bonchev–Trinajstić information content (AvgIpc) is 2.53. The van der Waals surface area contributed by atoms with Crippen LogP contribution in [0.5, 0.6) is 0 Å². The average molecular weight is 201 g/mol. The number of allylic oxidation sites excluding steroid dienone is 1. The summed E-state index contributed by atoms with van der Waals surface area (Å²) >= 11 is 6.88. The van der Waals surface area contributed by atoms with E-state index >= 15 is 0 Å². The number of nitrogens with zero attached hydrogens (tertiary/aromatic N) is 4. The van der Waals surface area contributed by atoms with Gasteiger partial charge in [-0.2, -0.15) is 8.75 Å². The molecule has 0 amide bonds. The molecule has 0 radical (unpaired) electrons. The molecule has 1 aliphatic rings. The van der Waals surface area contributed by atoms with Crippen LogP contribution >= 0.6 is 23.3 Å². The van der Waals surface area contributed by atoms with E-state index in [4.69, 9.17) is 11.6 Å². The molecule has 0 unspecified atom stereocenters. The normalized spacial score (nSPS) is 15.6. The van der Waals surface area contributed by atoms with E-state index in [1.54, 1.807) is 6.21 Å². The number of hydrogen-bond acceptors (Lipinski definition) is 5. The number of halogens is 1. The fraction of sp³-hybridized carbons (Fsp3) is 0.167. The summed E-state index contributed by atoms with van der Waals surface area (Å²) in [5.41, 5.74) is 0. The third-order valence-corrected chi connectivity index (χ3v) is 2.27. The zero-order valence-electron chi connectivity index (χ0n) is 6.01. The van der Waals surface area contributed by atoms with E-state index in [2.05, 4.69) is 13.7 Å². The molecule has 62 valence electrons. The third kappa shape index (κ3) is 1.33. The fourth-order valence-electron chi connectivity index (χ4n) is 0.867. The van der Waals surface area contributed by atoms with Gasteiger partial charge in [0.05, 0.1) is 11.7 Å². The van der Waals surface area contributed by atoms with Crippen molar-refractivity contribution in [1.82, 2.24) is 8.75 Å².